The molecule has 0 aliphatic carbocycles. The summed E-state index contributed by atoms with van der Waals surface area (Å²) in [6.07, 6.45) is -0.0415. The molecule has 0 radical (unpaired) electrons. The molecule has 1 heterocycles. The number of carbonyl (C=O) groups excluding carboxylic acids is 2. The van der Waals surface area contributed by atoms with Gasteiger partial charge in [0.1, 0.15) is 30.1 Å². The molecule has 1 aromatic heterocycles. The first-order chi connectivity index (χ1) is 12.4. The molecule has 1 N–H and O–H groups in total. The number of benzene rings is 1. The first kappa shape index (κ1) is 19.8. The van der Waals surface area contributed by atoms with Gasteiger partial charge in [0.25, 0.3) is 0 Å². The van der Waals surface area contributed by atoms with Gasteiger partial charge >= 0.3 is 11.9 Å². The summed E-state index contributed by atoms with van der Waals surface area (Å²) in [4.78, 5) is 23.7. The number of ether oxygens (including phenoxy) is 2. The number of carbonyl (C=O) groups is 2. The van der Waals surface area contributed by atoms with Crippen LogP contribution in [0.3, 0.4) is 0 Å². The Kier molecular flexibility index (Phi) is 7.09. The molecular weight excluding hydrogens is 358 g/mol. The molecule has 0 fully saturated rings. The lowest BCUT2D eigenvalue weighted by Gasteiger charge is -2.10. The third kappa shape index (κ3) is 5.52. The summed E-state index contributed by atoms with van der Waals surface area (Å²) in [5, 5.41) is 3.86. The van der Waals surface area contributed by atoms with Crippen molar-refractivity contribution in [3.05, 3.63) is 51.9 Å². The van der Waals surface area contributed by atoms with Crippen molar-refractivity contribution in [2.45, 2.75) is 27.2 Å². The molecule has 0 amide bonds. The normalized spacial score (nSPS) is 10.5. The molecular formula is C19H22ClNO5. The highest BCUT2D eigenvalue weighted by molar-refractivity contribution is 6.30. The summed E-state index contributed by atoms with van der Waals surface area (Å²) in [5.74, 6) is -0.0946. The summed E-state index contributed by atoms with van der Waals surface area (Å²) in [6.45, 7) is 6.29. The number of aryl methyl sites for hydroxylation is 2. The Morgan fingerprint density at radius 2 is 1.96 bits per heavy atom. The largest absolute Gasteiger partial charge is 0.465 e. The number of esters is 2. The van der Waals surface area contributed by atoms with Crippen LogP contribution in [0.15, 0.2) is 28.7 Å². The van der Waals surface area contributed by atoms with Crippen LogP contribution in [0.5, 0.6) is 0 Å². The molecule has 2 rings (SSSR count). The Balaban J connectivity index is 1.78. The van der Waals surface area contributed by atoms with Crippen molar-refractivity contribution < 1.29 is 23.5 Å². The summed E-state index contributed by atoms with van der Waals surface area (Å²) in [6, 6.07) is 7.05. The van der Waals surface area contributed by atoms with E-state index in [4.69, 9.17) is 25.5 Å². The molecule has 6 nitrogen and oxygen atoms in total. The van der Waals surface area contributed by atoms with E-state index in [1.165, 1.54) is 6.07 Å². The van der Waals surface area contributed by atoms with Crippen molar-refractivity contribution in [1.82, 2.24) is 0 Å². The van der Waals surface area contributed by atoms with Crippen LogP contribution in [0.2, 0.25) is 5.02 Å². The highest BCUT2D eigenvalue weighted by atomic mass is 35.5. The number of hydrogen-bond acceptors (Lipinski definition) is 6. The van der Waals surface area contributed by atoms with E-state index in [-0.39, 0.29) is 19.6 Å². The van der Waals surface area contributed by atoms with Crippen LogP contribution in [-0.4, -0.2) is 31.7 Å². The molecule has 26 heavy (non-hydrogen) atoms. The van der Waals surface area contributed by atoms with Crippen LogP contribution in [0, 0.1) is 13.8 Å². The molecule has 0 saturated carbocycles. The Morgan fingerprint density at radius 3 is 2.65 bits per heavy atom. The van der Waals surface area contributed by atoms with Crippen LogP contribution in [0.25, 0.3) is 0 Å². The van der Waals surface area contributed by atoms with Crippen molar-refractivity contribution in [3.8, 4) is 0 Å². The van der Waals surface area contributed by atoms with Gasteiger partial charge in [-0.1, -0.05) is 11.6 Å². The average Bonchev–Trinajstić information content (AvgIpc) is 2.93. The Morgan fingerprint density at radius 1 is 1.19 bits per heavy atom. The van der Waals surface area contributed by atoms with E-state index in [1.54, 1.807) is 19.9 Å². The average molecular weight is 380 g/mol. The third-order valence-corrected chi connectivity index (χ3v) is 3.89. The minimum Gasteiger partial charge on any atom is -0.465 e. The highest BCUT2D eigenvalue weighted by Crippen LogP contribution is 2.19. The molecule has 0 atom stereocenters. The molecule has 0 unspecified atom stereocenters. The smallest absolute Gasteiger partial charge is 0.341 e. The third-order valence-electron chi connectivity index (χ3n) is 3.65. The van der Waals surface area contributed by atoms with E-state index in [0.717, 1.165) is 11.3 Å². The minimum absolute atomic E-state index is 0.0415. The molecule has 0 bridgehead atoms. The van der Waals surface area contributed by atoms with Crippen LogP contribution in [0.4, 0.5) is 5.69 Å². The number of anilines is 1. The quantitative estimate of drug-likeness (QED) is 0.553. The number of halogens is 1. The maximum Gasteiger partial charge on any atom is 0.341 e. The summed E-state index contributed by atoms with van der Waals surface area (Å²) < 4.78 is 15.5. The van der Waals surface area contributed by atoms with Gasteiger partial charge in [-0.25, -0.2) is 4.79 Å². The van der Waals surface area contributed by atoms with E-state index in [1.807, 2.05) is 19.1 Å². The first-order valence-electron chi connectivity index (χ1n) is 8.32. The highest BCUT2D eigenvalue weighted by Gasteiger charge is 2.18. The van der Waals surface area contributed by atoms with Crippen molar-refractivity contribution in [3.63, 3.8) is 0 Å². The second kappa shape index (κ2) is 9.29. The van der Waals surface area contributed by atoms with E-state index >= 15 is 0 Å². The zero-order valence-corrected chi connectivity index (χ0v) is 15.8. The lowest BCUT2D eigenvalue weighted by molar-refractivity contribution is -0.142. The van der Waals surface area contributed by atoms with E-state index in [2.05, 4.69) is 5.32 Å². The number of nitrogens with one attached hydrogen (secondary N) is 1. The van der Waals surface area contributed by atoms with Gasteiger partial charge in [0.05, 0.1) is 6.61 Å². The van der Waals surface area contributed by atoms with Crippen LogP contribution in [0.1, 0.15) is 34.4 Å². The van der Waals surface area contributed by atoms with Gasteiger partial charge in [0.2, 0.25) is 0 Å². The molecule has 1 aromatic carbocycles. The molecule has 140 valence electrons. The maximum atomic E-state index is 11.9. The van der Waals surface area contributed by atoms with Crippen LogP contribution < -0.4 is 5.32 Å². The van der Waals surface area contributed by atoms with Gasteiger partial charge in [-0.15, -0.1) is 0 Å². The molecule has 2 aromatic rings. The lowest BCUT2D eigenvalue weighted by Crippen LogP contribution is -2.15. The van der Waals surface area contributed by atoms with Gasteiger partial charge < -0.3 is 19.2 Å². The van der Waals surface area contributed by atoms with Gasteiger partial charge in [0, 0.05) is 17.3 Å². The topological polar surface area (TPSA) is 77.8 Å². The Hall–Kier alpha value is -2.47. The summed E-state index contributed by atoms with van der Waals surface area (Å²) in [7, 11) is 0. The number of furan rings is 1. The van der Waals surface area contributed by atoms with Crippen LogP contribution >= 0.6 is 11.6 Å². The van der Waals surface area contributed by atoms with Gasteiger partial charge in [0.15, 0.2) is 0 Å². The van der Waals surface area contributed by atoms with Crippen LogP contribution in [-0.2, 0) is 20.7 Å². The SMILES string of the molecule is CCOC(=O)c1cc(CC(=O)OCCNc2ccc(Cl)cc2C)oc1C. The number of hydrogen-bond donors (Lipinski definition) is 1. The minimum atomic E-state index is -0.462. The fourth-order valence-corrected chi connectivity index (χ4v) is 2.64. The molecule has 0 aliphatic heterocycles. The van der Waals surface area contributed by atoms with E-state index in [0.29, 0.717) is 28.7 Å². The number of rotatable bonds is 8. The predicted molar refractivity (Wildman–Crippen MR) is 98.7 cm³/mol. The summed E-state index contributed by atoms with van der Waals surface area (Å²) in [5.41, 5.74) is 2.28. The van der Waals surface area contributed by atoms with Gasteiger partial charge in [-0.05, 0) is 50.6 Å². The standard InChI is InChI=1S/C19H22ClNO5/c1-4-24-19(23)16-10-15(26-13(16)3)11-18(22)25-8-7-21-17-6-5-14(20)9-12(17)2/h5-6,9-10,21H,4,7-8,11H2,1-3H3. The zero-order valence-electron chi connectivity index (χ0n) is 15.1. The maximum absolute atomic E-state index is 11.9. The second-order valence-electron chi connectivity index (χ2n) is 5.69. The zero-order chi connectivity index (χ0) is 19.1. The van der Waals surface area contributed by atoms with Gasteiger partial charge in [-0.2, -0.15) is 0 Å². The molecule has 0 aliphatic rings. The second-order valence-corrected chi connectivity index (χ2v) is 6.12. The molecule has 0 spiro atoms. The monoisotopic (exact) mass is 379 g/mol. The van der Waals surface area contributed by atoms with E-state index in [9.17, 15) is 9.59 Å². The summed E-state index contributed by atoms with van der Waals surface area (Å²) >= 11 is 5.91. The first-order valence-corrected chi connectivity index (χ1v) is 8.70. The Labute approximate surface area is 157 Å². The molecule has 7 heteroatoms. The van der Waals surface area contributed by atoms with Crippen molar-refractivity contribution >= 4 is 29.2 Å². The van der Waals surface area contributed by atoms with Crippen molar-refractivity contribution in [2.24, 2.45) is 0 Å². The van der Waals surface area contributed by atoms with E-state index < -0.39 is 11.9 Å². The fraction of sp³-hybridized carbons (Fsp3) is 0.368. The fourth-order valence-electron chi connectivity index (χ4n) is 2.41. The predicted octanol–water partition coefficient (Wildman–Crippen LogP) is 3.92. The van der Waals surface area contributed by atoms with Gasteiger partial charge in [-0.3, -0.25) is 4.79 Å². The van der Waals surface area contributed by atoms with Crippen molar-refractivity contribution in [1.29, 1.82) is 0 Å². The van der Waals surface area contributed by atoms with Crippen molar-refractivity contribution in [2.75, 3.05) is 25.1 Å². The Bertz CT molecular complexity index is 784. The molecule has 0 saturated heterocycles. The lowest BCUT2D eigenvalue weighted by atomic mass is 10.2.